The van der Waals surface area contributed by atoms with E-state index >= 15 is 0 Å². The highest BCUT2D eigenvalue weighted by Gasteiger charge is 2.14. The third-order valence-electron chi connectivity index (χ3n) is 4.20. The normalized spacial score (nSPS) is 12.3. The highest BCUT2D eigenvalue weighted by molar-refractivity contribution is 7.81. The molecule has 1 aromatic carbocycles. The maximum absolute atomic E-state index is 12.1. The maximum atomic E-state index is 12.1. The molecule has 1 unspecified atom stereocenters. The molecule has 0 aromatic heterocycles. The number of carbonyl (C=O) groups excluding carboxylic acids is 1. The average molecular weight is 321 g/mol. The molecule has 0 fully saturated rings. The van der Waals surface area contributed by atoms with Gasteiger partial charge in [-0.1, -0.05) is 95.0 Å². The first-order valence-electron chi connectivity index (χ1n) is 9.01. The Kier molecular flexibility index (Phi) is 11.2. The van der Waals surface area contributed by atoms with Crippen LogP contribution < -0.4 is 0 Å². The summed E-state index contributed by atoms with van der Waals surface area (Å²) in [6.07, 6.45) is 13.7. The molecule has 0 radical (unpaired) electrons. The summed E-state index contributed by atoms with van der Waals surface area (Å²) in [6, 6.07) is 9.86. The van der Waals surface area contributed by atoms with Crippen LogP contribution in [0.3, 0.4) is 0 Å². The highest BCUT2D eigenvalue weighted by Crippen LogP contribution is 2.23. The van der Waals surface area contributed by atoms with Crippen LogP contribution in [0.5, 0.6) is 0 Å². The summed E-state index contributed by atoms with van der Waals surface area (Å²) in [7, 11) is 0. The molecular formula is C20H32OS. The lowest BCUT2D eigenvalue weighted by Gasteiger charge is -2.09. The molecule has 1 atom stereocenters. The summed E-state index contributed by atoms with van der Waals surface area (Å²) in [5, 5.41) is -0.250. The Hall–Kier alpha value is -0.760. The molecule has 0 aliphatic carbocycles. The summed E-state index contributed by atoms with van der Waals surface area (Å²) < 4.78 is 0. The topological polar surface area (TPSA) is 17.1 Å². The standard InChI is InChI=1S/C20H32OS/c1-2-3-4-5-6-7-8-9-10-14-17-19(21)20(22)18-15-12-11-13-16-18/h11-13,15-16,20,22H,2-10,14,17H2,1H3. The minimum atomic E-state index is -0.250. The van der Waals surface area contributed by atoms with Gasteiger partial charge in [-0.05, 0) is 12.0 Å². The summed E-state index contributed by atoms with van der Waals surface area (Å²) in [5.41, 5.74) is 1.02. The molecule has 1 aromatic rings. The van der Waals surface area contributed by atoms with Crippen LogP contribution in [0.25, 0.3) is 0 Å². The number of unbranched alkanes of at least 4 members (excludes halogenated alkanes) is 9. The smallest absolute Gasteiger partial charge is 0.149 e. The van der Waals surface area contributed by atoms with E-state index in [0.29, 0.717) is 6.42 Å². The molecular weight excluding hydrogens is 288 g/mol. The number of thiol groups is 1. The fourth-order valence-corrected chi connectivity index (χ4v) is 3.05. The molecule has 0 aliphatic rings. The first kappa shape index (κ1) is 19.3. The Morgan fingerprint density at radius 2 is 1.36 bits per heavy atom. The molecule has 2 heteroatoms. The molecule has 0 saturated carbocycles. The summed E-state index contributed by atoms with van der Waals surface area (Å²) >= 11 is 4.46. The zero-order chi connectivity index (χ0) is 16.0. The second-order valence-electron chi connectivity index (χ2n) is 6.21. The van der Waals surface area contributed by atoms with Crippen molar-refractivity contribution < 1.29 is 4.79 Å². The maximum Gasteiger partial charge on any atom is 0.149 e. The summed E-state index contributed by atoms with van der Waals surface area (Å²) in [6.45, 7) is 2.26. The lowest BCUT2D eigenvalue weighted by atomic mass is 10.0. The van der Waals surface area contributed by atoms with Crippen LogP contribution in [0.2, 0.25) is 0 Å². The lowest BCUT2D eigenvalue weighted by molar-refractivity contribution is -0.118. The zero-order valence-corrected chi connectivity index (χ0v) is 15.0. The number of hydrogen-bond acceptors (Lipinski definition) is 2. The van der Waals surface area contributed by atoms with E-state index < -0.39 is 0 Å². The van der Waals surface area contributed by atoms with Gasteiger partial charge in [0, 0.05) is 6.42 Å². The van der Waals surface area contributed by atoms with Crippen LogP contribution >= 0.6 is 12.6 Å². The van der Waals surface area contributed by atoms with Crippen molar-refractivity contribution in [1.82, 2.24) is 0 Å². The van der Waals surface area contributed by atoms with Crippen molar-refractivity contribution in [2.75, 3.05) is 0 Å². The minimum absolute atomic E-state index is 0.250. The number of benzene rings is 1. The Morgan fingerprint density at radius 1 is 0.864 bits per heavy atom. The second-order valence-corrected chi connectivity index (χ2v) is 6.73. The van der Waals surface area contributed by atoms with Crippen molar-refractivity contribution in [3.8, 4) is 0 Å². The lowest BCUT2D eigenvalue weighted by Crippen LogP contribution is -2.06. The quantitative estimate of drug-likeness (QED) is 0.322. The van der Waals surface area contributed by atoms with E-state index in [4.69, 9.17) is 0 Å². The molecule has 0 saturated heterocycles. The van der Waals surface area contributed by atoms with Crippen molar-refractivity contribution in [1.29, 1.82) is 0 Å². The monoisotopic (exact) mass is 320 g/mol. The number of ketones is 1. The van der Waals surface area contributed by atoms with E-state index in [1.807, 2.05) is 30.3 Å². The first-order chi connectivity index (χ1) is 10.8. The molecule has 1 nitrogen and oxygen atoms in total. The van der Waals surface area contributed by atoms with Crippen LogP contribution in [0, 0.1) is 0 Å². The molecule has 1 rings (SSSR count). The van der Waals surface area contributed by atoms with Gasteiger partial charge in [-0.15, -0.1) is 0 Å². The Balaban J connectivity index is 1.99. The van der Waals surface area contributed by atoms with E-state index in [1.54, 1.807) is 0 Å². The third kappa shape index (κ3) is 8.63. The van der Waals surface area contributed by atoms with E-state index in [9.17, 15) is 4.79 Å². The third-order valence-corrected chi connectivity index (χ3v) is 4.78. The second kappa shape index (κ2) is 12.8. The molecule has 0 aliphatic heterocycles. The summed E-state index contributed by atoms with van der Waals surface area (Å²) in [5.74, 6) is 0.258. The van der Waals surface area contributed by atoms with Crippen molar-refractivity contribution in [3.05, 3.63) is 35.9 Å². The van der Waals surface area contributed by atoms with Crippen molar-refractivity contribution in [3.63, 3.8) is 0 Å². The molecule has 124 valence electrons. The minimum Gasteiger partial charge on any atom is -0.298 e. The van der Waals surface area contributed by atoms with Crippen LogP contribution in [0.15, 0.2) is 30.3 Å². The highest BCUT2D eigenvalue weighted by atomic mass is 32.1. The van der Waals surface area contributed by atoms with Gasteiger partial charge in [-0.25, -0.2) is 0 Å². The van der Waals surface area contributed by atoms with E-state index in [1.165, 1.54) is 57.8 Å². The van der Waals surface area contributed by atoms with Crippen LogP contribution in [0.1, 0.15) is 88.4 Å². The Labute approximate surface area is 142 Å². The molecule has 0 amide bonds. The Bertz CT molecular complexity index is 388. The van der Waals surface area contributed by atoms with E-state index in [2.05, 4.69) is 19.6 Å². The van der Waals surface area contributed by atoms with Gasteiger partial charge in [-0.3, -0.25) is 4.79 Å². The van der Waals surface area contributed by atoms with Crippen LogP contribution in [-0.4, -0.2) is 5.78 Å². The first-order valence-corrected chi connectivity index (χ1v) is 9.53. The van der Waals surface area contributed by atoms with Gasteiger partial charge in [-0.2, -0.15) is 12.6 Å². The van der Waals surface area contributed by atoms with Gasteiger partial charge < -0.3 is 0 Å². The van der Waals surface area contributed by atoms with Gasteiger partial charge in [0.1, 0.15) is 5.78 Å². The molecule has 0 bridgehead atoms. The SMILES string of the molecule is CCCCCCCCCCCCC(=O)C(S)c1ccccc1. The molecule has 0 N–H and O–H groups in total. The molecule has 22 heavy (non-hydrogen) atoms. The van der Waals surface area contributed by atoms with Gasteiger partial charge in [0.15, 0.2) is 0 Å². The van der Waals surface area contributed by atoms with E-state index in [-0.39, 0.29) is 11.0 Å². The van der Waals surface area contributed by atoms with Gasteiger partial charge in [0.2, 0.25) is 0 Å². The average Bonchev–Trinajstić information content (AvgIpc) is 2.56. The van der Waals surface area contributed by atoms with Crippen molar-refractivity contribution in [2.45, 2.75) is 82.8 Å². The number of Topliss-reactive ketones (excluding diaryl/α,β-unsaturated/α-hetero) is 1. The molecule has 0 heterocycles. The zero-order valence-electron chi connectivity index (χ0n) is 14.1. The van der Waals surface area contributed by atoms with Crippen LogP contribution in [0.4, 0.5) is 0 Å². The van der Waals surface area contributed by atoms with Gasteiger partial charge >= 0.3 is 0 Å². The van der Waals surface area contributed by atoms with Gasteiger partial charge in [0.05, 0.1) is 5.25 Å². The van der Waals surface area contributed by atoms with Crippen molar-refractivity contribution >= 4 is 18.4 Å². The number of hydrogen-bond donors (Lipinski definition) is 1. The summed E-state index contributed by atoms with van der Waals surface area (Å²) in [4.78, 5) is 12.1. The molecule has 0 spiro atoms. The predicted molar refractivity (Wildman–Crippen MR) is 99.6 cm³/mol. The predicted octanol–water partition coefficient (Wildman–Crippen LogP) is 6.54. The van der Waals surface area contributed by atoms with Gasteiger partial charge in [0.25, 0.3) is 0 Å². The van der Waals surface area contributed by atoms with Crippen LogP contribution in [-0.2, 0) is 4.79 Å². The van der Waals surface area contributed by atoms with Crippen molar-refractivity contribution in [2.24, 2.45) is 0 Å². The fraction of sp³-hybridized carbons (Fsp3) is 0.650. The largest absolute Gasteiger partial charge is 0.298 e. The number of rotatable bonds is 13. The fourth-order valence-electron chi connectivity index (χ4n) is 2.74. The Morgan fingerprint density at radius 3 is 1.91 bits per heavy atom. The van der Waals surface area contributed by atoms with E-state index in [0.717, 1.165) is 12.0 Å². The number of carbonyl (C=O) groups is 1.